The molecule has 21 heavy (non-hydrogen) atoms. The van der Waals surface area contributed by atoms with Crippen LogP contribution in [0.3, 0.4) is 0 Å². The molecule has 0 spiro atoms. The maximum absolute atomic E-state index is 11.8. The molecule has 1 heterocycles. The van der Waals surface area contributed by atoms with Crippen LogP contribution >= 0.6 is 0 Å². The largest absolute Gasteiger partial charge is 0.465 e. The quantitative estimate of drug-likeness (QED) is 0.892. The number of nitriles is 1. The second kappa shape index (κ2) is 6.09. The van der Waals surface area contributed by atoms with Crippen molar-refractivity contribution in [2.45, 2.75) is 25.8 Å². The molecular formula is C15H15N3O3. The lowest BCUT2D eigenvalue weighted by atomic mass is 9.96. The fourth-order valence-electron chi connectivity index (χ4n) is 2.41. The molecule has 2 N–H and O–H groups in total. The van der Waals surface area contributed by atoms with Gasteiger partial charge in [-0.1, -0.05) is 30.3 Å². The molecule has 6 nitrogen and oxygen atoms in total. The molecule has 0 saturated carbocycles. The number of carboxylic acid groups (broad SMARTS) is 1. The third-order valence-electron chi connectivity index (χ3n) is 3.44. The first-order valence-corrected chi connectivity index (χ1v) is 6.52. The molecule has 0 aliphatic carbocycles. The van der Waals surface area contributed by atoms with Crippen LogP contribution in [0.25, 0.3) is 0 Å². The second-order valence-electron chi connectivity index (χ2n) is 4.77. The molecule has 1 aliphatic rings. The van der Waals surface area contributed by atoms with E-state index in [2.05, 4.69) is 5.32 Å². The fraction of sp³-hybridized carbons (Fsp3) is 0.267. The smallest absolute Gasteiger partial charge is 0.416 e. The molecule has 1 unspecified atom stereocenters. The maximum Gasteiger partial charge on any atom is 0.416 e. The van der Waals surface area contributed by atoms with E-state index in [1.807, 2.05) is 36.4 Å². The summed E-state index contributed by atoms with van der Waals surface area (Å²) in [7, 11) is 0. The van der Waals surface area contributed by atoms with Crippen LogP contribution < -0.4 is 5.32 Å². The first kappa shape index (κ1) is 14.6. The Morgan fingerprint density at radius 1 is 1.43 bits per heavy atom. The molecule has 0 radical (unpaired) electrons. The number of nitrogens with zero attached hydrogens (tertiary/aromatic N) is 2. The maximum atomic E-state index is 11.8. The highest BCUT2D eigenvalue weighted by Gasteiger charge is 2.37. The molecule has 0 saturated heterocycles. The van der Waals surface area contributed by atoms with Crippen molar-refractivity contribution < 1.29 is 14.7 Å². The van der Waals surface area contributed by atoms with Crippen LogP contribution in [0.15, 0.2) is 41.6 Å². The Morgan fingerprint density at radius 2 is 2.10 bits per heavy atom. The average molecular weight is 285 g/mol. The Morgan fingerprint density at radius 3 is 2.67 bits per heavy atom. The van der Waals surface area contributed by atoms with Crippen molar-refractivity contribution in [1.29, 1.82) is 5.26 Å². The lowest BCUT2D eigenvalue weighted by molar-refractivity contribution is 0.134. The van der Waals surface area contributed by atoms with E-state index in [1.54, 1.807) is 6.92 Å². The van der Waals surface area contributed by atoms with E-state index in [0.717, 1.165) is 5.56 Å². The van der Waals surface area contributed by atoms with Gasteiger partial charge in [0.2, 0.25) is 0 Å². The lowest BCUT2D eigenvalue weighted by Gasteiger charge is -2.32. The Kier molecular flexibility index (Phi) is 4.24. The number of urea groups is 1. The minimum Gasteiger partial charge on any atom is -0.465 e. The van der Waals surface area contributed by atoms with Gasteiger partial charge in [-0.2, -0.15) is 5.26 Å². The molecule has 108 valence electrons. The van der Waals surface area contributed by atoms with Gasteiger partial charge in [-0.15, -0.1) is 0 Å². The SMILES string of the molecule is CC1=C(C#N)C(CCc2ccccc2)N(C(=O)O)C(=O)N1. The van der Waals surface area contributed by atoms with Crippen LogP contribution in [0.4, 0.5) is 9.59 Å². The van der Waals surface area contributed by atoms with Gasteiger partial charge in [-0.25, -0.2) is 14.5 Å². The van der Waals surface area contributed by atoms with Crippen molar-refractivity contribution >= 4 is 12.1 Å². The summed E-state index contributed by atoms with van der Waals surface area (Å²) in [5.41, 5.74) is 1.73. The van der Waals surface area contributed by atoms with Gasteiger partial charge < -0.3 is 10.4 Å². The van der Waals surface area contributed by atoms with Gasteiger partial charge in [-0.05, 0) is 25.3 Å². The van der Waals surface area contributed by atoms with Crippen molar-refractivity contribution in [1.82, 2.24) is 10.2 Å². The van der Waals surface area contributed by atoms with E-state index >= 15 is 0 Å². The van der Waals surface area contributed by atoms with Crippen LogP contribution in [-0.4, -0.2) is 28.2 Å². The van der Waals surface area contributed by atoms with E-state index in [9.17, 15) is 20.0 Å². The Hall–Kier alpha value is -2.81. The summed E-state index contributed by atoms with van der Waals surface area (Å²) in [6.07, 6.45) is -0.392. The van der Waals surface area contributed by atoms with Crippen LogP contribution in [0, 0.1) is 11.3 Å². The van der Waals surface area contributed by atoms with Crippen molar-refractivity contribution in [3.63, 3.8) is 0 Å². The standard InChI is InChI=1S/C15H15N3O3/c1-10-12(9-16)13(18(15(20)21)14(19)17-10)8-7-11-5-3-2-4-6-11/h2-6,13H,7-8H2,1H3,(H,17,19)(H,20,21). The summed E-state index contributed by atoms with van der Waals surface area (Å²) >= 11 is 0. The number of hydrogen-bond donors (Lipinski definition) is 2. The van der Waals surface area contributed by atoms with Gasteiger partial charge in [0.15, 0.2) is 0 Å². The van der Waals surface area contributed by atoms with Crippen LogP contribution in [-0.2, 0) is 6.42 Å². The monoisotopic (exact) mass is 285 g/mol. The molecule has 1 aromatic rings. The minimum absolute atomic E-state index is 0.285. The zero-order valence-electron chi connectivity index (χ0n) is 11.5. The minimum atomic E-state index is -1.36. The molecule has 1 aromatic carbocycles. The Balaban J connectivity index is 2.26. The first-order valence-electron chi connectivity index (χ1n) is 6.52. The first-order chi connectivity index (χ1) is 10.0. The number of allylic oxidation sites excluding steroid dienone is 1. The number of rotatable bonds is 3. The van der Waals surface area contributed by atoms with Crippen LogP contribution in [0.1, 0.15) is 18.9 Å². The van der Waals surface area contributed by atoms with Gasteiger partial charge in [-0.3, -0.25) is 0 Å². The Labute approximate surface area is 122 Å². The van der Waals surface area contributed by atoms with E-state index in [4.69, 9.17) is 0 Å². The summed E-state index contributed by atoms with van der Waals surface area (Å²) in [4.78, 5) is 23.8. The van der Waals surface area contributed by atoms with Crippen molar-refractivity contribution in [3.05, 3.63) is 47.2 Å². The van der Waals surface area contributed by atoms with Crippen LogP contribution in [0.5, 0.6) is 0 Å². The predicted octanol–water partition coefficient (Wildman–Crippen LogP) is 2.49. The van der Waals surface area contributed by atoms with Gasteiger partial charge in [0, 0.05) is 5.70 Å². The van der Waals surface area contributed by atoms with Gasteiger partial charge >= 0.3 is 12.1 Å². The second-order valence-corrected chi connectivity index (χ2v) is 4.77. The summed E-state index contributed by atoms with van der Waals surface area (Å²) in [6, 6.07) is 10.1. The van der Waals surface area contributed by atoms with Gasteiger partial charge in [0.25, 0.3) is 0 Å². The number of aryl methyl sites for hydroxylation is 1. The third-order valence-corrected chi connectivity index (χ3v) is 3.44. The van der Waals surface area contributed by atoms with E-state index in [1.165, 1.54) is 0 Å². The normalized spacial score (nSPS) is 18.2. The fourth-order valence-corrected chi connectivity index (χ4v) is 2.41. The number of carbonyl (C=O) groups excluding carboxylic acids is 1. The number of imide groups is 1. The van der Waals surface area contributed by atoms with Crippen molar-refractivity contribution in [2.24, 2.45) is 0 Å². The van der Waals surface area contributed by atoms with Crippen molar-refractivity contribution in [3.8, 4) is 6.07 Å². The van der Waals surface area contributed by atoms with Gasteiger partial charge in [0.1, 0.15) is 0 Å². The summed E-state index contributed by atoms with van der Waals surface area (Å²) < 4.78 is 0. The third kappa shape index (κ3) is 3.03. The van der Waals surface area contributed by atoms with E-state index in [-0.39, 0.29) is 5.57 Å². The molecule has 3 amide bonds. The molecule has 6 heteroatoms. The topological polar surface area (TPSA) is 93.4 Å². The van der Waals surface area contributed by atoms with E-state index in [0.29, 0.717) is 23.4 Å². The zero-order valence-corrected chi connectivity index (χ0v) is 11.5. The zero-order chi connectivity index (χ0) is 15.4. The van der Waals surface area contributed by atoms with Crippen LogP contribution in [0.2, 0.25) is 0 Å². The molecule has 0 aromatic heterocycles. The summed E-state index contributed by atoms with van der Waals surface area (Å²) in [6.45, 7) is 1.60. The highest BCUT2D eigenvalue weighted by Crippen LogP contribution is 2.23. The molecular weight excluding hydrogens is 270 g/mol. The van der Waals surface area contributed by atoms with E-state index < -0.39 is 18.2 Å². The summed E-state index contributed by atoms with van der Waals surface area (Å²) in [5, 5.41) is 20.8. The molecule has 2 rings (SSSR count). The molecule has 0 bridgehead atoms. The van der Waals surface area contributed by atoms with Gasteiger partial charge in [0.05, 0.1) is 17.7 Å². The molecule has 1 atom stereocenters. The number of benzene rings is 1. The summed E-state index contributed by atoms with van der Waals surface area (Å²) in [5.74, 6) is 0. The number of nitrogens with one attached hydrogen (secondary N) is 1. The highest BCUT2D eigenvalue weighted by molar-refractivity contribution is 5.93. The predicted molar refractivity (Wildman–Crippen MR) is 75.3 cm³/mol. The Bertz CT molecular complexity index is 631. The number of carbonyl (C=O) groups is 2. The highest BCUT2D eigenvalue weighted by atomic mass is 16.4. The molecule has 0 fully saturated rings. The van der Waals surface area contributed by atoms with Crippen molar-refractivity contribution in [2.75, 3.05) is 0 Å². The number of hydrogen-bond acceptors (Lipinski definition) is 3. The lowest BCUT2D eigenvalue weighted by Crippen LogP contribution is -2.53. The molecule has 1 aliphatic heterocycles. The number of amides is 3. The average Bonchev–Trinajstić information content (AvgIpc) is 2.45.